The van der Waals surface area contributed by atoms with Gasteiger partial charge < -0.3 is 10.8 Å². The molecule has 13 heavy (non-hydrogen) atoms. The van der Waals surface area contributed by atoms with E-state index in [1.807, 2.05) is 0 Å². The SMILES string of the molecule is NCC(O)c1cc(Cl)cc(F)c1F. The normalized spacial score (nSPS) is 13.0. The zero-order valence-corrected chi connectivity index (χ0v) is 7.35. The van der Waals surface area contributed by atoms with E-state index in [0.29, 0.717) is 0 Å². The zero-order valence-electron chi connectivity index (χ0n) is 6.60. The smallest absolute Gasteiger partial charge is 0.164 e. The van der Waals surface area contributed by atoms with Crippen LogP contribution in [-0.4, -0.2) is 11.7 Å². The quantitative estimate of drug-likeness (QED) is 0.724. The van der Waals surface area contributed by atoms with Gasteiger partial charge in [-0.25, -0.2) is 8.78 Å². The van der Waals surface area contributed by atoms with Crippen LogP contribution in [0.5, 0.6) is 0 Å². The van der Waals surface area contributed by atoms with Crippen LogP contribution in [0.3, 0.4) is 0 Å². The first-order chi connectivity index (χ1) is 6.06. The molecule has 0 aliphatic rings. The lowest BCUT2D eigenvalue weighted by Gasteiger charge is -2.09. The molecule has 0 bridgehead atoms. The number of nitrogens with two attached hydrogens (primary N) is 1. The average Bonchev–Trinajstić information content (AvgIpc) is 2.10. The minimum absolute atomic E-state index is 0.0291. The van der Waals surface area contributed by atoms with E-state index in [4.69, 9.17) is 22.4 Å². The van der Waals surface area contributed by atoms with Gasteiger partial charge in [-0.05, 0) is 12.1 Å². The van der Waals surface area contributed by atoms with Gasteiger partial charge in [-0.1, -0.05) is 11.6 Å². The molecule has 1 aromatic carbocycles. The van der Waals surface area contributed by atoms with Crippen molar-refractivity contribution in [3.8, 4) is 0 Å². The number of aliphatic hydroxyl groups is 1. The molecule has 2 nitrogen and oxygen atoms in total. The first-order valence-electron chi connectivity index (χ1n) is 3.59. The first kappa shape index (κ1) is 10.4. The summed E-state index contributed by atoms with van der Waals surface area (Å²) in [5.41, 5.74) is 4.88. The van der Waals surface area contributed by atoms with Crippen molar-refractivity contribution < 1.29 is 13.9 Å². The molecule has 5 heteroatoms. The third-order valence-electron chi connectivity index (χ3n) is 1.60. The second-order valence-electron chi connectivity index (χ2n) is 2.54. The molecule has 1 unspecified atom stereocenters. The van der Waals surface area contributed by atoms with Crippen LogP contribution in [0.25, 0.3) is 0 Å². The lowest BCUT2D eigenvalue weighted by atomic mass is 10.1. The van der Waals surface area contributed by atoms with E-state index in [0.717, 1.165) is 12.1 Å². The van der Waals surface area contributed by atoms with Gasteiger partial charge in [-0.3, -0.25) is 0 Å². The largest absolute Gasteiger partial charge is 0.387 e. The maximum Gasteiger partial charge on any atom is 0.164 e. The van der Waals surface area contributed by atoms with E-state index >= 15 is 0 Å². The van der Waals surface area contributed by atoms with Crippen molar-refractivity contribution in [3.63, 3.8) is 0 Å². The summed E-state index contributed by atoms with van der Waals surface area (Å²) in [7, 11) is 0. The molecule has 0 radical (unpaired) electrons. The van der Waals surface area contributed by atoms with E-state index in [-0.39, 0.29) is 17.1 Å². The lowest BCUT2D eigenvalue weighted by molar-refractivity contribution is 0.180. The van der Waals surface area contributed by atoms with Gasteiger partial charge in [0.25, 0.3) is 0 Å². The highest BCUT2D eigenvalue weighted by atomic mass is 35.5. The number of rotatable bonds is 2. The number of benzene rings is 1. The van der Waals surface area contributed by atoms with Crippen molar-refractivity contribution in [2.24, 2.45) is 5.73 Å². The minimum atomic E-state index is -1.23. The Morgan fingerprint density at radius 1 is 1.46 bits per heavy atom. The molecule has 72 valence electrons. The molecule has 1 rings (SSSR count). The Hall–Kier alpha value is -0.710. The summed E-state index contributed by atoms with van der Waals surface area (Å²) in [6.07, 6.45) is -1.23. The van der Waals surface area contributed by atoms with Gasteiger partial charge in [-0.15, -0.1) is 0 Å². The Balaban J connectivity index is 3.20. The third-order valence-corrected chi connectivity index (χ3v) is 1.82. The summed E-state index contributed by atoms with van der Waals surface area (Å²) < 4.78 is 25.7. The highest BCUT2D eigenvalue weighted by Crippen LogP contribution is 2.23. The zero-order chi connectivity index (χ0) is 10.0. The highest BCUT2D eigenvalue weighted by molar-refractivity contribution is 6.30. The summed E-state index contributed by atoms with van der Waals surface area (Å²) in [5.74, 6) is -2.20. The molecule has 0 aliphatic heterocycles. The van der Waals surface area contributed by atoms with Crippen molar-refractivity contribution in [1.82, 2.24) is 0 Å². The second-order valence-corrected chi connectivity index (χ2v) is 2.98. The highest BCUT2D eigenvalue weighted by Gasteiger charge is 2.15. The van der Waals surface area contributed by atoms with Crippen LogP contribution in [0.1, 0.15) is 11.7 Å². The maximum absolute atomic E-state index is 13.0. The Morgan fingerprint density at radius 2 is 2.08 bits per heavy atom. The summed E-state index contributed by atoms with van der Waals surface area (Å²) in [5, 5.41) is 9.20. The Morgan fingerprint density at radius 3 is 2.62 bits per heavy atom. The van der Waals surface area contributed by atoms with Gasteiger partial charge >= 0.3 is 0 Å². The average molecular weight is 208 g/mol. The molecular formula is C8H8ClF2NO. The van der Waals surface area contributed by atoms with Crippen LogP contribution in [0.15, 0.2) is 12.1 Å². The van der Waals surface area contributed by atoms with E-state index in [1.165, 1.54) is 0 Å². The van der Waals surface area contributed by atoms with Crippen molar-refractivity contribution >= 4 is 11.6 Å². The Kier molecular flexibility index (Phi) is 3.19. The molecule has 0 saturated heterocycles. The van der Waals surface area contributed by atoms with Crippen LogP contribution in [0.4, 0.5) is 8.78 Å². The predicted octanol–water partition coefficient (Wildman–Crippen LogP) is 1.61. The monoisotopic (exact) mass is 207 g/mol. The van der Waals surface area contributed by atoms with E-state index in [9.17, 15) is 8.78 Å². The summed E-state index contributed by atoms with van der Waals surface area (Å²) in [4.78, 5) is 0. The number of aliphatic hydroxyl groups excluding tert-OH is 1. The third kappa shape index (κ3) is 2.15. The van der Waals surface area contributed by atoms with E-state index in [2.05, 4.69) is 0 Å². The van der Waals surface area contributed by atoms with Gasteiger partial charge in [0.1, 0.15) is 0 Å². The van der Waals surface area contributed by atoms with Gasteiger partial charge in [0.2, 0.25) is 0 Å². The summed E-state index contributed by atoms with van der Waals surface area (Å²) in [6.45, 7) is -0.184. The Bertz CT molecular complexity index is 319. The van der Waals surface area contributed by atoms with Crippen LogP contribution in [-0.2, 0) is 0 Å². The predicted molar refractivity (Wildman–Crippen MR) is 45.4 cm³/mol. The molecular weight excluding hydrogens is 200 g/mol. The Labute approximate surface area is 78.9 Å². The van der Waals surface area contributed by atoms with Crippen molar-refractivity contribution in [2.75, 3.05) is 6.54 Å². The fourth-order valence-electron chi connectivity index (χ4n) is 0.945. The molecule has 0 aliphatic carbocycles. The van der Waals surface area contributed by atoms with Crippen molar-refractivity contribution in [2.45, 2.75) is 6.10 Å². The van der Waals surface area contributed by atoms with Crippen LogP contribution >= 0.6 is 11.6 Å². The van der Waals surface area contributed by atoms with Crippen LogP contribution in [0, 0.1) is 11.6 Å². The van der Waals surface area contributed by atoms with Gasteiger partial charge in [0.15, 0.2) is 11.6 Å². The molecule has 0 saturated carbocycles. The molecule has 0 aromatic heterocycles. The van der Waals surface area contributed by atoms with Gasteiger partial charge in [-0.2, -0.15) is 0 Å². The standard InChI is InChI=1S/C8H8ClF2NO/c9-4-1-5(7(13)3-12)8(11)6(10)2-4/h1-2,7,13H,3,12H2. The fourth-order valence-corrected chi connectivity index (χ4v) is 1.16. The second kappa shape index (κ2) is 4.00. The van der Waals surface area contributed by atoms with Crippen molar-refractivity contribution in [1.29, 1.82) is 0 Å². The van der Waals surface area contributed by atoms with Gasteiger partial charge in [0, 0.05) is 17.1 Å². The van der Waals surface area contributed by atoms with Crippen LogP contribution in [0.2, 0.25) is 5.02 Å². The number of halogens is 3. The molecule has 0 heterocycles. The fraction of sp³-hybridized carbons (Fsp3) is 0.250. The maximum atomic E-state index is 13.0. The number of hydrogen-bond acceptors (Lipinski definition) is 2. The topological polar surface area (TPSA) is 46.2 Å². The molecule has 1 aromatic rings. The van der Waals surface area contributed by atoms with Crippen LogP contribution < -0.4 is 5.73 Å². The first-order valence-corrected chi connectivity index (χ1v) is 3.96. The molecule has 3 N–H and O–H groups in total. The van der Waals surface area contributed by atoms with Crippen molar-refractivity contribution in [3.05, 3.63) is 34.4 Å². The molecule has 0 fully saturated rings. The number of hydrogen-bond donors (Lipinski definition) is 2. The van der Waals surface area contributed by atoms with E-state index < -0.39 is 17.7 Å². The molecule has 0 spiro atoms. The van der Waals surface area contributed by atoms with E-state index in [1.54, 1.807) is 0 Å². The van der Waals surface area contributed by atoms with Gasteiger partial charge in [0.05, 0.1) is 6.10 Å². The lowest BCUT2D eigenvalue weighted by Crippen LogP contribution is -2.13. The molecule has 0 amide bonds. The summed E-state index contributed by atoms with van der Waals surface area (Å²) >= 11 is 5.46. The minimum Gasteiger partial charge on any atom is -0.387 e. The summed E-state index contributed by atoms with van der Waals surface area (Å²) in [6, 6.07) is 1.99. The molecule has 1 atom stereocenters.